The minimum Gasteiger partial charge on any atom is -0.481 e. The molecule has 85 heavy (non-hydrogen) atoms. The maximum atomic E-state index is 11.7. The lowest BCUT2D eigenvalue weighted by Gasteiger charge is -2.13. The lowest BCUT2D eigenvalue weighted by molar-refractivity contribution is -0.136. The number of likely N-dealkylation sites (N-methyl/N-ethyl adjacent to an activating group) is 1. The van der Waals surface area contributed by atoms with Gasteiger partial charge in [-0.15, -0.1) is 0 Å². The Labute approximate surface area is 533 Å². The minimum absolute atomic E-state index is 0.123. The highest BCUT2D eigenvalue weighted by Crippen LogP contribution is 2.43. The molecule has 0 unspecified atom stereocenters. The van der Waals surface area contributed by atoms with Crippen molar-refractivity contribution < 1.29 is 48.7 Å². The molecule has 3 aromatic heterocycles. The van der Waals surface area contributed by atoms with Gasteiger partial charge in [-0.1, -0.05) is 57.8 Å². The first kappa shape index (κ1) is 65.6. The lowest BCUT2D eigenvalue weighted by Crippen LogP contribution is -2.24. The molecule has 0 bridgehead atoms. The number of ether oxygens (including phenoxy) is 3. The molecule has 3 heterocycles. The van der Waals surface area contributed by atoms with E-state index in [4.69, 9.17) is 57.8 Å². The highest BCUT2D eigenvalue weighted by molar-refractivity contribution is 9.11. The van der Waals surface area contributed by atoms with Gasteiger partial charge in [-0.3, -0.25) is 33.2 Å². The minimum atomic E-state index is -0.947. The smallest absolute Gasteiger partial charge is 0.322 e. The second-order valence-electron chi connectivity index (χ2n) is 20.3. The molecular formula is C60H61Br4Cl2N9O10. The summed E-state index contributed by atoms with van der Waals surface area (Å²) in [5.41, 5.74) is 7.59. The van der Waals surface area contributed by atoms with Gasteiger partial charge in [0.15, 0.2) is 17.2 Å². The van der Waals surface area contributed by atoms with Crippen LogP contribution in [-0.4, -0.2) is 88.6 Å². The zero-order valence-corrected chi connectivity index (χ0v) is 55.3. The monoisotopic (exact) mass is 1450 g/mol. The summed E-state index contributed by atoms with van der Waals surface area (Å²) >= 11 is 26.5. The maximum Gasteiger partial charge on any atom is 0.322 e. The largest absolute Gasteiger partial charge is 0.481 e. The Morgan fingerprint density at radius 1 is 0.553 bits per heavy atom. The third-order valence-corrected chi connectivity index (χ3v) is 15.6. The molecule has 0 saturated carbocycles. The fraction of sp³-hybridized carbons (Fsp3) is 0.283. The first-order chi connectivity index (χ1) is 40.3. The molecule has 0 aliphatic heterocycles. The van der Waals surface area contributed by atoms with Crippen molar-refractivity contribution in [2.75, 3.05) is 30.8 Å². The van der Waals surface area contributed by atoms with Gasteiger partial charge in [0.25, 0.3) is 0 Å². The number of aliphatic carboxylic acids is 3. The van der Waals surface area contributed by atoms with Crippen LogP contribution in [0.25, 0.3) is 32.7 Å². The molecule has 0 aliphatic carbocycles. The van der Waals surface area contributed by atoms with Crippen LogP contribution >= 0.6 is 86.9 Å². The Morgan fingerprint density at radius 2 is 0.941 bits per heavy atom. The van der Waals surface area contributed by atoms with Gasteiger partial charge in [0.05, 0.1) is 50.9 Å². The quantitative estimate of drug-likeness (QED) is 0.0392. The zero-order valence-electron chi connectivity index (χ0n) is 47.4. The number of halogens is 6. The molecule has 6 N–H and O–H groups in total. The Kier molecular flexibility index (Phi) is 22.8. The summed E-state index contributed by atoms with van der Waals surface area (Å²) < 4.78 is 26.6. The third kappa shape index (κ3) is 17.4. The number of aromatic nitrogens is 6. The van der Waals surface area contributed by atoms with Crippen molar-refractivity contribution in [1.82, 2.24) is 34.7 Å². The molecule has 25 heteroatoms. The number of hydrogen-bond donors (Lipinski definition) is 6. The van der Waals surface area contributed by atoms with Gasteiger partial charge in [0.1, 0.15) is 36.9 Å². The number of carboxylic acids is 3. The van der Waals surface area contributed by atoms with Gasteiger partial charge in [0.2, 0.25) is 5.91 Å². The van der Waals surface area contributed by atoms with E-state index in [0.29, 0.717) is 81.2 Å². The highest BCUT2D eigenvalue weighted by Gasteiger charge is 2.19. The summed E-state index contributed by atoms with van der Waals surface area (Å²) in [6.07, 6.45) is 0.707. The van der Waals surface area contributed by atoms with Crippen LogP contribution in [0, 0.1) is 25.7 Å². The summed E-state index contributed by atoms with van der Waals surface area (Å²) in [7, 11) is 1.59. The molecule has 0 atom stereocenters. The van der Waals surface area contributed by atoms with Crippen LogP contribution in [0.3, 0.4) is 0 Å². The molecule has 0 radical (unpaired) electrons. The number of nitrogens with zero attached hydrogens (tertiary/aromatic N) is 6. The molecule has 448 valence electrons. The van der Waals surface area contributed by atoms with E-state index in [-0.39, 0.29) is 42.0 Å². The van der Waals surface area contributed by atoms with Crippen LogP contribution in [-0.2, 0) is 51.7 Å². The van der Waals surface area contributed by atoms with Crippen molar-refractivity contribution in [3.63, 3.8) is 0 Å². The van der Waals surface area contributed by atoms with Crippen LogP contribution in [0.2, 0.25) is 10.0 Å². The van der Waals surface area contributed by atoms with Crippen LogP contribution in [0.5, 0.6) is 34.5 Å². The molecule has 0 spiro atoms. The van der Waals surface area contributed by atoms with Gasteiger partial charge >= 0.3 is 17.9 Å². The second-order valence-corrected chi connectivity index (χ2v) is 24.5. The number of benzene rings is 6. The van der Waals surface area contributed by atoms with Gasteiger partial charge in [0, 0.05) is 64.8 Å². The number of carbonyl (C=O) groups is 4. The SMILES string of the molecule is CCc1c2cc(Oc3c(Cl)cc(CC(=O)O)cc3Cl)ccc2nn1CC(C)C.CNC(=O)Cn1nc2ccc(Oc3c(Br)cc(NCC(=O)O)cc3Br)cc2c1C.Cc1c2cc(Oc3c(Br)cc(NCC(=O)O)cc3Br)ccc2nn1CC(C)C. The number of nitrogens with one attached hydrogen (secondary N) is 3. The van der Waals surface area contributed by atoms with Crippen LogP contribution in [0.4, 0.5) is 11.4 Å². The molecule has 9 rings (SSSR count). The lowest BCUT2D eigenvalue weighted by atomic mass is 10.1. The molecule has 0 saturated heterocycles. The first-order valence-corrected chi connectivity index (χ1v) is 30.5. The van der Waals surface area contributed by atoms with Gasteiger partial charge in [-0.2, -0.15) is 15.3 Å². The van der Waals surface area contributed by atoms with E-state index in [1.54, 1.807) is 54.2 Å². The van der Waals surface area contributed by atoms with E-state index < -0.39 is 17.9 Å². The van der Waals surface area contributed by atoms with Crippen molar-refractivity contribution in [2.24, 2.45) is 11.8 Å². The van der Waals surface area contributed by atoms with Crippen molar-refractivity contribution in [3.8, 4) is 34.5 Å². The normalized spacial score (nSPS) is 11.1. The molecule has 1 amide bonds. The maximum absolute atomic E-state index is 11.7. The molecule has 19 nitrogen and oxygen atoms in total. The highest BCUT2D eigenvalue weighted by atomic mass is 79.9. The standard InChI is InChI=1S/C21H22Cl2N2O3.C20H21Br2N3O3.C19H18Br2N4O4/c1-4-19-15-10-14(5-6-18(15)24-25(19)11-12(2)3)28-21-16(22)7-13(8-17(21)23)9-20(26)27;1-11(2)10-25-12(3)15-8-14(4-5-18(15)24-25)28-20-16(21)6-13(7-17(20)22)23-9-19(26)27;1-10-13-7-12(3-4-16(13)24-25(10)9-17(26)22-2)29-19-14(20)5-11(6-15(19)21)23-8-18(27)28/h5-8,10,12H,4,9,11H2,1-3H3,(H,26,27);4-8,11,23H,9-10H2,1-3H3,(H,26,27);3-7,23H,8-9H2,1-2H3,(H,22,26)(H,27,28). The topological polar surface area (TPSA) is 246 Å². The van der Waals surface area contributed by atoms with Crippen LogP contribution in [0.15, 0.2) is 109 Å². The van der Waals surface area contributed by atoms with E-state index in [0.717, 1.165) is 69.3 Å². The number of fused-ring (bicyclic) bond motifs is 3. The summed E-state index contributed by atoms with van der Waals surface area (Å²) in [5.74, 6) is 1.46. The average molecular weight is 1460 g/mol. The van der Waals surface area contributed by atoms with Crippen molar-refractivity contribution in [3.05, 3.63) is 142 Å². The molecule has 0 fully saturated rings. The molecule has 9 aromatic rings. The number of amides is 1. The van der Waals surface area contributed by atoms with E-state index in [9.17, 15) is 19.2 Å². The van der Waals surface area contributed by atoms with Crippen LogP contribution in [0.1, 0.15) is 57.3 Å². The van der Waals surface area contributed by atoms with E-state index in [2.05, 4.69) is 136 Å². The van der Waals surface area contributed by atoms with E-state index >= 15 is 0 Å². The average Bonchev–Trinajstić information content (AvgIpc) is 3.99. The Bertz CT molecular complexity index is 3890. The summed E-state index contributed by atoms with van der Waals surface area (Å²) in [6.45, 7) is 16.3. The number of carbonyl (C=O) groups excluding carboxylic acids is 1. The van der Waals surface area contributed by atoms with Crippen molar-refractivity contribution in [1.29, 1.82) is 0 Å². The number of hydrogen-bond acceptors (Lipinski definition) is 12. The summed E-state index contributed by atoms with van der Waals surface area (Å²) in [6, 6.07) is 27.2. The predicted octanol–water partition coefficient (Wildman–Crippen LogP) is 15.7. The predicted molar refractivity (Wildman–Crippen MR) is 346 cm³/mol. The van der Waals surface area contributed by atoms with Gasteiger partial charge in [-0.25, -0.2) is 0 Å². The van der Waals surface area contributed by atoms with E-state index in [1.165, 1.54) is 0 Å². The number of rotatable bonds is 21. The Morgan fingerprint density at radius 3 is 1.35 bits per heavy atom. The Balaban J connectivity index is 0.000000183. The van der Waals surface area contributed by atoms with Crippen molar-refractivity contribution in [2.45, 2.75) is 80.9 Å². The zero-order chi connectivity index (χ0) is 62.0. The fourth-order valence-corrected chi connectivity index (χ4v) is 12.1. The number of aryl methyl sites for hydroxylation is 3. The summed E-state index contributed by atoms with van der Waals surface area (Å²) in [5, 5.41) is 52.1. The fourth-order valence-electron chi connectivity index (χ4n) is 8.80. The van der Waals surface area contributed by atoms with Crippen molar-refractivity contribution >= 4 is 155 Å². The van der Waals surface area contributed by atoms with E-state index in [1.807, 2.05) is 60.1 Å². The second kappa shape index (κ2) is 29.5. The van der Waals surface area contributed by atoms with Gasteiger partial charge < -0.3 is 45.5 Å². The summed E-state index contributed by atoms with van der Waals surface area (Å²) in [4.78, 5) is 44.0. The Hall–Kier alpha value is -6.89. The molecule has 6 aromatic carbocycles. The van der Waals surface area contributed by atoms with Crippen LogP contribution < -0.4 is 30.2 Å². The number of carboxylic acid groups (broad SMARTS) is 3. The van der Waals surface area contributed by atoms with Gasteiger partial charge in [-0.05, 0) is 192 Å². The first-order valence-electron chi connectivity index (χ1n) is 26.6. The third-order valence-electron chi connectivity index (χ3n) is 12.7. The number of anilines is 2. The molecule has 0 aliphatic rings. The molecular weight excluding hydrogens is 1400 g/mol.